The van der Waals surface area contributed by atoms with Crippen LogP contribution in [-0.2, 0) is 16.3 Å². The van der Waals surface area contributed by atoms with Crippen LogP contribution in [0.4, 0.5) is 0 Å². The summed E-state index contributed by atoms with van der Waals surface area (Å²) >= 11 is 0. The molecule has 0 radical (unpaired) electrons. The van der Waals surface area contributed by atoms with Crippen LogP contribution in [-0.4, -0.2) is 53.3 Å². The molecule has 0 spiro atoms. The van der Waals surface area contributed by atoms with Crippen molar-refractivity contribution >= 4 is 15.7 Å². The summed E-state index contributed by atoms with van der Waals surface area (Å²) in [4.78, 5) is 14.3. The van der Waals surface area contributed by atoms with E-state index in [0.29, 0.717) is 30.0 Å². The number of carbonyl (C=O) groups excluding carboxylic acids is 1. The van der Waals surface area contributed by atoms with Crippen LogP contribution in [0, 0.1) is 0 Å². The number of hydrogen-bond donors (Lipinski definition) is 0. The Hall–Kier alpha value is -2.54. The molecular formula is C19H23NO5S. The van der Waals surface area contributed by atoms with Gasteiger partial charge in [-0.15, -0.1) is 0 Å². The minimum Gasteiger partial charge on any atom is -0.493 e. The zero-order valence-corrected chi connectivity index (χ0v) is 16.2. The summed E-state index contributed by atoms with van der Waals surface area (Å²) in [5.41, 5.74) is 1.47. The first-order chi connectivity index (χ1) is 12.3. The van der Waals surface area contributed by atoms with E-state index in [2.05, 4.69) is 0 Å². The molecule has 0 heterocycles. The maximum Gasteiger partial charge on any atom is 0.253 e. The molecule has 1 amide bonds. The fourth-order valence-corrected chi connectivity index (χ4v) is 3.13. The van der Waals surface area contributed by atoms with Gasteiger partial charge in [0.05, 0.1) is 19.1 Å². The molecule has 0 aliphatic rings. The zero-order chi connectivity index (χ0) is 19.3. The lowest BCUT2D eigenvalue weighted by Crippen LogP contribution is -2.28. The van der Waals surface area contributed by atoms with Gasteiger partial charge in [0, 0.05) is 25.4 Å². The Morgan fingerprint density at radius 3 is 2.15 bits per heavy atom. The minimum atomic E-state index is -3.27. The van der Waals surface area contributed by atoms with E-state index < -0.39 is 9.84 Å². The highest BCUT2D eigenvalue weighted by Crippen LogP contribution is 2.27. The summed E-state index contributed by atoms with van der Waals surface area (Å²) in [5, 5.41) is 0. The molecule has 2 aromatic carbocycles. The van der Waals surface area contributed by atoms with Gasteiger partial charge in [-0.25, -0.2) is 8.42 Å². The van der Waals surface area contributed by atoms with E-state index in [1.54, 1.807) is 26.2 Å². The second kappa shape index (κ2) is 8.23. The van der Waals surface area contributed by atoms with E-state index in [9.17, 15) is 13.2 Å². The van der Waals surface area contributed by atoms with Gasteiger partial charge in [0.15, 0.2) is 21.3 Å². The van der Waals surface area contributed by atoms with E-state index in [0.717, 1.165) is 11.8 Å². The number of sulfone groups is 1. The van der Waals surface area contributed by atoms with Crippen LogP contribution in [0.3, 0.4) is 0 Å². The third kappa shape index (κ3) is 4.76. The fourth-order valence-electron chi connectivity index (χ4n) is 2.50. The molecule has 6 nitrogen and oxygen atoms in total. The van der Waals surface area contributed by atoms with Crippen LogP contribution in [0.15, 0.2) is 47.4 Å². The third-order valence-corrected chi connectivity index (χ3v) is 5.19. The SMILES string of the molecule is COc1ccc(CCN(C)C(=O)c2ccc(S(C)(=O)=O)cc2)cc1OC. The summed E-state index contributed by atoms with van der Waals surface area (Å²) in [6, 6.07) is 11.6. The van der Waals surface area contributed by atoms with E-state index >= 15 is 0 Å². The predicted molar refractivity (Wildman–Crippen MR) is 99.8 cm³/mol. The lowest BCUT2D eigenvalue weighted by molar-refractivity contribution is 0.0796. The molecule has 0 N–H and O–H groups in total. The van der Waals surface area contributed by atoms with Crippen LogP contribution in [0.2, 0.25) is 0 Å². The number of rotatable bonds is 7. The molecule has 0 atom stereocenters. The van der Waals surface area contributed by atoms with Gasteiger partial charge in [-0.3, -0.25) is 4.79 Å². The quantitative estimate of drug-likeness (QED) is 0.741. The highest BCUT2D eigenvalue weighted by Gasteiger charge is 2.14. The Kier molecular flexibility index (Phi) is 6.26. The molecule has 140 valence electrons. The van der Waals surface area contributed by atoms with E-state index in [1.807, 2.05) is 18.2 Å². The second-order valence-electron chi connectivity index (χ2n) is 5.96. The lowest BCUT2D eigenvalue weighted by Gasteiger charge is -2.18. The van der Waals surface area contributed by atoms with Crippen LogP contribution in [0.1, 0.15) is 15.9 Å². The molecule has 2 aromatic rings. The number of hydrogen-bond acceptors (Lipinski definition) is 5. The normalized spacial score (nSPS) is 11.1. The van der Waals surface area contributed by atoms with Gasteiger partial charge in [0.1, 0.15) is 0 Å². The second-order valence-corrected chi connectivity index (χ2v) is 7.98. The Bertz CT molecular complexity index is 875. The maximum absolute atomic E-state index is 12.5. The van der Waals surface area contributed by atoms with Crippen molar-refractivity contribution in [2.45, 2.75) is 11.3 Å². The number of benzene rings is 2. The monoisotopic (exact) mass is 377 g/mol. The number of likely N-dealkylation sites (N-methyl/N-ethyl adjacent to an activating group) is 1. The molecule has 0 aliphatic heterocycles. The van der Waals surface area contributed by atoms with Crippen molar-refractivity contribution in [1.29, 1.82) is 0 Å². The molecule has 0 saturated heterocycles. The van der Waals surface area contributed by atoms with E-state index in [-0.39, 0.29) is 10.8 Å². The number of amides is 1. The number of methoxy groups -OCH3 is 2. The summed E-state index contributed by atoms with van der Waals surface area (Å²) < 4.78 is 33.5. The molecule has 0 aliphatic carbocycles. The molecule has 0 bridgehead atoms. The Balaban J connectivity index is 2.03. The van der Waals surface area contributed by atoms with Gasteiger partial charge in [-0.2, -0.15) is 0 Å². The van der Waals surface area contributed by atoms with E-state index in [1.165, 1.54) is 24.3 Å². The highest BCUT2D eigenvalue weighted by molar-refractivity contribution is 7.90. The summed E-state index contributed by atoms with van der Waals surface area (Å²) in [6.07, 6.45) is 1.79. The Labute approximate surface area is 154 Å². The van der Waals surface area contributed by atoms with Crippen molar-refractivity contribution < 1.29 is 22.7 Å². The first-order valence-electron chi connectivity index (χ1n) is 8.02. The average molecular weight is 377 g/mol. The molecule has 0 aromatic heterocycles. The van der Waals surface area contributed by atoms with Crippen molar-refractivity contribution in [3.05, 3.63) is 53.6 Å². The van der Waals surface area contributed by atoms with Crippen LogP contribution >= 0.6 is 0 Å². The summed E-state index contributed by atoms with van der Waals surface area (Å²) in [7, 11) is 1.61. The molecule has 0 saturated carbocycles. The molecule has 7 heteroatoms. The molecule has 26 heavy (non-hydrogen) atoms. The van der Waals surface area contributed by atoms with Gasteiger partial charge in [0.2, 0.25) is 0 Å². The molecular weight excluding hydrogens is 354 g/mol. The van der Waals surface area contributed by atoms with Crippen LogP contribution < -0.4 is 9.47 Å². The number of ether oxygens (including phenoxy) is 2. The van der Waals surface area contributed by atoms with E-state index in [4.69, 9.17) is 9.47 Å². The van der Waals surface area contributed by atoms with Gasteiger partial charge in [0.25, 0.3) is 5.91 Å². The third-order valence-electron chi connectivity index (χ3n) is 4.06. The van der Waals surface area contributed by atoms with Crippen LogP contribution in [0.25, 0.3) is 0 Å². The average Bonchev–Trinajstić information content (AvgIpc) is 2.64. The van der Waals surface area contributed by atoms with Crippen molar-refractivity contribution in [2.75, 3.05) is 34.1 Å². The Morgan fingerprint density at radius 2 is 1.62 bits per heavy atom. The smallest absolute Gasteiger partial charge is 0.253 e. The molecule has 0 unspecified atom stereocenters. The largest absolute Gasteiger partial charge is 0.493 e. The number of carbonyl (C=O) groups is 1. The van der Waals surface area contributed by atoms with Gasteiger partial charge >= 0.3 is 0 Å². The highest BCUT2D eigenvalue weighted by atomic mass is 32.2. The number of nitrogens with zero attached hydrogens (tertiary/aromatic N) is 1. The van der Waals surface area contributed by atoms with Crippen molar-refractivity contribution in [3.8, 4) is 11.5 Å². The predicted octanol–water partition coefficient (Wildman–Crippen LogP) is 2.42. The fraction of sp³-hybridized carbons (Fsp3) is 0.316. The van der Waals surface area contributed by atoms with Crippen LogP contribution in [0.5, 0.6) is 11.5 Å². The van der Waals surface area contributed by atoms with Gasteiger partial charge < -0.3 is 14.4 Å². The zero-order valence-electron chi connectivity index (χ0n) is 15.4. The van der Waals surface area contributed by atoms with Gasteiger partial charge in [-0.1, -0.05) is 6.07 Å². The standard InChI is InChI=1S/C19H23NO5S/c1-20(12-11-14-5-10-17(24-2)18(13-14)25-3)19(21)15-6-8-16(9-7-15)26(4,22)23/h5-10,13H,11-12H2,1-4H3. The minimum absolute atomic E-state index is 0.162. The first kappa shape index (κ1) is 19.8. The maximum atomic E-state index is 12.5. The summed E-state index contributed by atoms with van der Waals surface area (Å²) in [6.45, 7) is 0.516. The molecule has 0 fully saturated rings. The van der Waals surface area contributed by atoms with Crippen molar-refractivity contribution in [3.63, 3.8) is 0 Å². The lowest BCUT2D eigenvalue weighted by atomic mass is 10.1. The first-order valence-corrected chi connectivity index (χ1v) is 9.92. The van der Waals surface area contributed by atoms with Gasteiger partial charge in [-0.05, 0) is 48.4 Å². The molecule has 2 rings (SSSR count). The topological polar surface area (TPSA) is 72.9 Å². The van der Waals surface area contributed by atoms with Crippen molar-refractivity contribution in [1.82, 2.24) is 4.90 Å². The summed E-state index contributed by atoms with van der Waals surface area (Å²) in [5.74, 6) is 1.15. The van der Waals surface area contributed by atoms with Crippen molar-refractivity contribution in [2.24, 2.45) is 0 Å². The Morgan fingerprint density at radius 1 is 1.00 bits per heavy atom.